The summed E-state index contributed by atoms with van der Waals surface area (Å²) in [5, 5.41) is 36.0. The monoisotopic (exact) mass is 1070 g/mol. The summed E-state index contributed by atoms with van der Waals surface area (Å²) < 4.78 is 0. The van der Waals surface area contributed by atoms with Crippen molar-refractivity contribution in [2.75, 3.05) is 20.1 Å². The molecule has 0 radical (unpaired) electrons. The van der Waals surface area contributed by atoms with E-state index in [4.69, 9.17) is 5.73 Å². The summed E-state index contributed by atoms with van der Waals surface area (Å²) in [6.45, 7) is 13.6. The molecule has 0 aromatic carbocycles. The number of likely N-dealkylation sites (N-methyl/N-ethyl adjacent to an activating group) is 1. The molecule has 0 aromatic heterocycles. The second kappa shape index (κ2) is 35.1. The normalized spacial score (nSPS) is 16.2. The zero-order chi connectivity index (χ0) is 57.7. The molecule has 13 atom stereocenters. The van der Waals surface area contributed by atoms with Crippen molar-refractivity contribution in [3.63, 3.8) is 0 Å². The van der Waals surface area contributed by atoms with E-state index in [1.165, 1.54) is 48.6 Å². The molecular weight excluding hydrogens is 993 g/mol. The van der Waals surface area contributed by atoms with Crippen molar-refractivity contribution in [3.8, 4) is 0 Å². The van der Waals surface area contributed by atoms with Gasteiger partial charge in [-0.2, -0.15) is 0 Å². The Morgan fingerprint density at radius 1 is 0.400 bits per heavy atom. The number of hydrogen-bond acceptors (Lipinski definition) is 21. The Bertz CT molecular complexity index is 2010. The minimum absolute atomic E-state index is 0.117. The van der Waals surface area contributed by atoms with Crippen LogP contribution in [0.2, 0.25) is 0 Å². The molecule has 0 aromatic rings. The first kappa shape index (κ1) is 67.8. The number of nitrogens with one attached hydrogen (secondary N) is 15. The number of rotatable bonds is 37. The number of carbonyl (C=O) groups excluding carboxylic acids is 15. The van der Waals surface area contributed by atoms with Crippen LogP contribution in [0.15, 0.2) is 0 Å². The molecule has 0 aliphatic rings. The minimum Gasteiger partial charge on any atom is -0.357 e. The van der Waals surface area contributed by atoms with Crippen LogP contribution in [0.4, 0.5) is 0 Å². The van der Waals surface area contributed by atoms with E-state index in [1.807, 2.05) is 0 Å². The highest BCUT2D eigenvalue weighted by atomic mass is 16.2. The van der Waals surface area contributed by atoms with E-state index in [0.717, 1.165) is 0 Å². The Balaban J connectivity index is 6.40. The Morgan fingerprint density at radius 3 is 1.17 bits per heavy atom. The maximum Gasteiger partial charge on any atom is 0.259 e. The molecule has 0 bridgehead atoms. The third kappa shape index (κ3) is 25.5. The number of hydrogen-bond donors (Lipinski definition) is 16. The first-order valence-electron chi connectivity index (χ1n) is 23.8. The molecule has 0 saturated heterocycles. The lowest BCUT2D eigenvalue weighted by Gasteiger charge is -2.29. The largest absolute Gasteiger partial charge is 0.357 e. The van der Waals surface area contributed by atoms with Gasteiger partial charge in [0.25, 0.3) is 29.5 Å². The lowest BCUT2D eigenvalue weighted by Crippen LogP contribution is -2.67. The van der Waals surface area contributed by atoms with Gasteiger partial charge in [0.05, 0.1) is 31.2 Å². The van der Waals surface area contributed by atoms with Gasteiger partial charge in [-0.3, -0.25) is 74.5 Å². The van der Waals surface area contributed by atoms with E-state index in [2.05, 4.69) is 79.8 Å². The van der Waals surface area contributed by atoms with Gasteiger partial charge in [-0.05, 0) is 59.8 Å². The molecule has 31 nitrogen and oxygen atoms in total. The maximum atomic E-state index is 13.9. The van der Waals surface area contributed by atoms with Gasteiger partial charge in [-0.25, -0.2) is 0 Å². The van der Waals surface area contributed by atoms with Crippen LogP contribution in [0.5, 0.6) is 0 Å². The highest BCUT2D eigenvalue weighted by molar-refractivity contribution is 5.98. The molecule has 0 fully saturated rings. The van der Waals surface area contributed by atoms with Gasteiger partial charge in [0, 0.05) is 7.05 Å². The second-order valence-electron chi connectivity index (χ2n) is 17.9. The smallest absolute Gasteiger partial charge is 0.259 e. The average Bonchev–Trinajstić information content (AvgIpc) is 3.35. The molecule has 0 heterocycles. The van der Waals surface area contributed by atoms with Crippen LogP contribution in [-0.2, 0) is 71.9 Å². The third-order valence-electron chi connectivity index (χ3n) is 10.4. The van der Waals surface area contributed by atoms with Gasteiger partial charge < -0.3 is 82.9 Å². The highest BCUT2D eigenvalue weighted by Gasteiger charge is 2.35. The zero-order valence-corrected chi connectivity index (χ0v) is 43.9. The van der Waals surface area contributed by atoms with Crippen LogP contribution in [-0.4, -0.2) is 190 Å². The molecule has 0 aliphatic heterocycles. The molecule has 0 rings (SSSR count). The first-order valence-corrected chi connectivity index (χ1v) is 23.8. The van der Waals surface area contributed by atoms with Crippen LogP contribution in [0, 0.1) is 11.8 Å². The predicted octanol–water partition coefficient (Wildman–Crippen LogP) is -8.92. The topological polar surface area (TPSA) is 463 Å². The fraction of sp³-hybridized carbons (Fsp3) is 0.659. The molecular formula is C44H76N16O15. The number of amides is 10. The van der Waals surface area contributed by atoms with Crippen molar-refractivity contribution in [2.24, 2.45) is 17.6 Å². The summed E-state index contributed by atoms with van der Waals surface area (Å²) in [6.07, 6.45) is -6.26. The van der Waals surface area contributed by atoms with E-state index < -0.39 is 151 Å². The number of carbonyl (C=O) groups is 15. The summed E-state index contributed by atoms with van der Waals surface area (Å²) in [6, 6.07) is -9.81. The van der Waals surface area contributed by atoms with Crippen LogP contribution in [0.25, 0.3) is 0 Å². The van der Waals surface area contributed by atoms with E-state index in [1.54, 1.807) is 27.7 Å². The van der Waals surface area contributed by atoms with Crippen molar-refractivity contribution in [2.45, 2.75) is 155 Å². The summed E-state index contributed by atoms with van der Waals surface area (Å²) in [5.41, 5.74) is 5.66. The van der Waals surface area contributed by atoms with E-state index >= 15 is 0 Å². The highest BCUT2D eigenvalue weighted by Crippen LogP contribution is 2.05. The van der Waals surface area contributed by atoms with Gasteiger partial charge in [-0.1, -0.05) is 27.7 Å². The van der Waals surface area contributed by atoms with Crippen molar-refractivity contribution < 1.29 is 71.9 Å². The van der Waals surface area contributed by atoms with Crippen LogP contribution < -0.4 is 85.5 Å². The summed E-state index contributed by atoms with van der Waals surface area (Å²) >= 11 is 0. The molecule has 10 amide bonds. The summed E-state index contributed by atoms with van der Waals surface area (Å²) in [5.74, 6) is -10.2. The number of nitrogens with two attached hydrogens (primary N) is 1. The van der Waals surface area contributed by atoms with Crippen molar-refractivity contribution in [1.29, 1.82) is 0 Å². The Kier molecular flexibility index (Phi) is 31.7. The molecule has 0 saturated carbocycles. The Labute approximate surface area is 433 Å². The van der Waals surface area contributed by atoms with E-state index in [-0.39, 0.29) is 18.9 Å². The van der Waals surface area contributed by atoms with Gasteiger partial charge in [0.15, 0.2) is 24.7 Å². The molecule has 17 N–H and O–H groups in total. The average molecular weight is 1070 g/mol. The van der Waals surface area contributed by atoms with Gasteiger partial charge >= 0.3 is 0 Å². The Morgan fingerprint density at radius 2 is 0.760 bits per heavy atom. The van der Waals surface area contributed by atoms with E-state index in [9.17, 15) is 71.9 Å². The minimum atomic E-state index is -1.81. The third-order valence-corrected chi connectivity index (χ3v) is 10.4. The molecule has 0 aliphatic carbocycles. The van der Waals surface area contributed by atoms with Crippen molar-refractivity contribution in [1.82, 2.24) is 79.8 Å². The van der Waals surface area contributed by atoms with Gasteiger partial charge in [0.2, 0.25) is 29.5 Å². The second-order valence-corrected chi connectivity index (χ2v) is 17.9. The van der Waals surface area contributed by atoms with Gasteiger partial charge in [0.1, 0.15) is 67.8 Å². The van der Waals surface area contributed by atoms with Gasteiger partial charge in [-0.15, -0.1) is 0 Å². The molecule has 0 unspecified atom stereocenters. The van der Waals surface area contributed by atoms with Crippen LogP contribution in [0.1, 0.15) is 75.7 Å². The molecule has 422 valence electrons. The van der Waals surface area contributed by atoms with Crippen molar-refractivity contribution >= 4 is 90.5 Å². The van der Waals surface area contributed by atoms with Crippen LogP contribution in [0.3, 0.4) is 0 Å². The maximum absolute atomic E-state index is 13.9. The van der Waals surface area contributed by atoms with E-state index in [0.29, 0.717) is 31.4 Å². The zero-order valence-electron chi connectivity index (χ0n) is 43.9. The SMILES string of the molecule is CNC(=O)[C@H](C)NC(=O)[C@H](C)NC(=O)[C@@H](NC(=O)[C@@H](NC(=O)[C@H](C)NC(=O)[C@H](C)NC(=O)[C@H](NCC=O)NC(=O)[C@@H](NC(=O)[C@H](C)NC(=O)[C@@H](N)NCC=O)N[C@@H](C=O)C(C)C)N[C@@H](C=O)CC(C)C)N[C@@H](C)C=O. The molecule has 0 spiro atoms. The van der Waals surface area contributed by atoms with Crippen LogP contribution >= 0.6 is 0 Å². The molecule has 75 heavy (non-hydrogen) atoms. The first-order chi connectivity index (χ1) is 35.1. The molecule has 31 heteroatoms. The quantitative estimate of drug-likeness (QED) is 0.0203. The fourth-order valence-electron chi connectivity index (χ4n) is 6.06. The fourth-order valence-corrected chi connectivity index (χ4v) is 6.06. The predicted molar refractivity (Wildman–Crippen MR) is 265 cm³/mol. The Hall–Kier alpha value is -7.19. The number of aldehydes is 5. The lowest BCUT2D eigenvalue weighted by atomic mass is 10.0. The summed E-state index contributed by atoms with van der Waals surface area (Å²) in [4.78, 5) is 189. The lowest BCUT2D eigenvalue weighted by molar-refractivity contribution is -0.137. The standard InChI is InChI=1S/C44H76N16O15/c1-20(2)16-28(18-64)55-33(43(74)60-32(49-22(5)17-63)42(73)54-25(8)36(67)50-23(6)35(66)46-11)58-38(69)26(9)51-37(68)24(7)53-41(72)31(48-13-15-62)57-44(75)34(56-29(19-65)21(3)4)59-39(70)27(10)52-40(71)30(45)47-12-14-61/h14-15,17-34,47-49,55-56H,12-13,16,45H2,1-11H3,(H,46,66)(H,50,67)(H,51,68)(H,52,71)(H,53,72)(H,54,73)(H,57,75)(H,58,69)(H,59,70)(H,60,74)/t22-,23-,24-,25-,26-,27-,28+,29-,30-,31+,32+,33+,34+/m0/s1. The van der Waals surface area contributed by atoms with Crippen molar-refractivity contribution in [3.05, 3.63) is 0 Å². The summed E-state index contributed by atoms with van der Waals surface area (Å²) in [7, 11) is 1.35.